The van der Waals surface area contributed by atoms with E-state index < -0.39 is 16.1 Å². The van der Waals surface area contributed by atoms with Gasteiger partial charge in [-0.05, 0) is 86.3 Å². The second-order valence-corrected chi connectivity index (χ2v) is 10.2. The maximum Gasteiger partial charge on any atom is 0.343 e. The third-order valence-corrected chi connectivity index (χ3v) is 7.54. The van der Waals surface area contributed by atoms with E-state index >= 15 is 0 Å². The highest BCUT2D eigenvalue weighted by molar-refractivity contribution is 7.91. The van der Waals surface area contributed by atoms with Crippen molar-refractivity contribution in [2.75, 3.05) is 31.5 Å². The van der Waals surface area contributed by atoms with Crippen molar-refractivity contribution in [1.29, 1.82) is 0 Å². The van der Waals surface area contributed by atoms with Gasteiger partial charge >= 0.3 is 10.2 Å². The van der Waals surface area contributed by atoms with Crippen LogP contribution in [0.15, 0.2) is 22.9 Å². The van der Waals surface area contributed by atoms with Crippen LogP contribution in [-0.2, 0) is 49.4 Å². The first-order valence-electron chi connectivity index (χ1n) is 10.8. The summed E-state index contributed by atoms with van der Waals surface area (Å²) >= 11 is 0. The van der Waals surface area contributed by atoms with E-state index in [1.54, 1.807) is 13.2 Å². The van der Waals surface area contributed by atoms with Gasteiger partial charge in [-0.3, -0.25) is 4.68 Å². The summed E-state index contributed by atoms with van der Waals surface area (Å²) in [5.74, 6) is -0.604. The van der Waals surface area contributed by atoms with Crippen LogP contribution in [0.5, 0.6) is 0 Å². The van der Waals surface area contributed by atoms with Crippen LogP contribution in [0.2, 0.25) is 0 Å². The van der Waals surface area contributed by atoms with E-state index in [1.807, 2.05) is 19.0 Å². The van der Waals surface area contributed by atoms with Crippen molar-refractivity contribution in [3.05, 3.63) is 46.3 Å². The molecule has 0 fully saturated rings. The molecule has 168 valence electrons. The number of hydrogen-bond donors (Lipinski definition) is 0. The molecule has 0 amide bonds. The molecule has 0 radical (unpaired) electrons. The molecule has 8 nitrogen and oxygen atoms in total. The molecule has 1 aromatic carbocycles. The molecular weight excluding hydrogens is 414 g/mol. The lowest BCUT2D eigenvalue weighted by atomic mass is 9.92. The van der Waals surface area contributed by atoms with Crippen LogP contribution in [0.25, 0.3) is 0 Å². The molecule has 2 aromatic rings. The summed E-state index contributed by atoms with van der Waals surface area (Å²) < 4.78 is 32.6. The number of benzene rings is 1. The summed E-state index contributed by atoms with van der Waals surface area (Å²) in [7, 11) is 1.28. The zero-order chi connectivity index (χ0) is 22.2. The average molecular weight is 445 g/mol. The van der Waals surface area contributed by atoms with Crippen molar-refractivity contribution in [3.8, 4) is 0 Å². The fourth-order valence-corrected chi connectivity index (χ4v) is 5.81. The second-order valence-electron chi connectivity index (χ2n) is 8.72. The molecule has 1 heterocycles. The van der Waals surface area contributed by atoms with Gasteiger partial charge in [0.25, 0.3) is 0 Å². The van der Waals surface area contributed by atoms with Gasteiger partial charge in [-0.25, -0.2) is 4.31 Å². The van der Waals surface area contributed by atoms with E-state index in [1.165, 1.54) is 33.1 Å². The van der Waals surface area contributed by atoms with Gasteiger partial charge in [-0.2, -0.15) is 17.9 Å². The number of hydrogen-bond acceptors (Lipinski definition) is 5. The minimum atomic E-state index is -4.18. The van der Waals surface area contributed by atoms with Gasteiger partial charge in [0.15, 0.2) is 0 Å². The van der Waals surface area contributed by atoms with E-state index in [2.05, 4.69) is 15.6 Å². The number of nitrogens with zero attached hydrogens (tertiary/aromatic N) is 5. The zero-order valence-electron chi connectivity index (χ0n) is 18.5. The first-order chi connectivity index (χ1) is 14.7. The highest BCUT2D eigenvalue weighted by atomic mass is 32.2. The smallest absolute Gasteiger partial charge is 0.343 e. The lowest BCUT2D eigenvalue weighted by molar-refractivity contribution is -0.217. The van der Waals surface area contributed by atoms with Crippen molar-refractivity contribution in [2.45, 2.75) is 44.9 Å². The average Bonchev–Trinajstić information content (AvgIpc) is 3.41. The largest absolute Gasteiger partial charge is 0.861 e. The van der Waals surface area contributed by atoms with Crippen LogP contribution in [0, 0.1) is 0 Å². The van der Waals surface area contributed by atoms with E-state index in [0.29, 0.717) is 12.2 Å². The molecule has 9 heteroatoms. The maximum absolute atomic E-state index is 13.1. The van der Waals surface area contributed by atoms with Gasteiger partial charge in [0.2, 0.25) is 0 Å². The fraction of sp³-hybridized carbons (Fsp3) is 0.545. The molecule has 0 aliphatic heterocycles. The lowest BCUT2D eigenvalue weighted by Crippen LogP contribution is -2.37. The summed E-state index contributed by atoms with van der Waals surface area (Å²) in [6.07, 6.45) is 9.33. The van der Waals surface area contributed by atoms with Crippen LogP contribution in [0.1, 0.15) is 40.7 Å². The van der Waals surface area contributed by atoms with Crippen LogP contribution in [0.4, 0.5) is 5.69 Å². The molecule has 0 spiro atoms. The Labute approximate surface area is 184 Å². The third-order valence-electron chi connectivity index (χ3n) is 6.15. The zero-order valence-corrected chi connectivity index (χ0v) is 19.3. The highest BCUT2D eigenvalue weighted by Gasteiger charge is 2.25. The predicted octanol–water partition coefficient (Wildman–Crippen LogP) is 1.01. The lowest BCUT2D eigenvalue weighted by Gasteiger charge is -2.24. The van der Waals surface area contributed by atoms with E-state index in [-0.39, 0.29) is 13.0 Å². The Morgan fingerprint density at radius 1 is 1.13 bits per heavy atom. The van der Waals surface area contributed by atoms with E-state index in [0.717, 1.165) is 48.4 Å². The molecule has 2 aliphatic carbocycles. The first-order valence-corrected chi connectivity index (χ1v) is 12.2. The van der Waals surface area contributed by atoms with Crippen molar-refractivity contribution in [1.82, 2.24) is 14.7 Å². The number of anilines is 1. The Morgan fingerprint density at radius 3 is 2.32 bits per heavy atom. The van der Waals surface area contributed by atoms with Gasteiger partial charge < -0.3 is 10.0 Å². The second kappa shape index (κ2) is 8.63. The number of aryl methyl sites for hydroxylation is 3. The number of rotatable bonds is 8. The normalized spacial score (nSPS) is 16.1. The first kappa shape index (κ1) is 21.8. The summed E-state index contributed by atoms with van der Waals surface area (Å²) in [6, 6.07) is 2.30. The summed E-state index contributed by atoms with van der Waals surface area (Å²) in [4.78, 5) is 1.89. The molecule has 1 aromatic heterocycles. The van der Waals surface area contributed by atoms with Gasteiger partial charge in [0, 0.05) is 32.8 Å². The minimum Gasteiger partial charge on any atom is -0.861 e. The van der Waals surface area contributed by atoms with Crippen molar-refractivity contribution in [2.24, 2.45) is 11.4 Å². The Balaban J connectivity index is 1.64. The molecule has 0 bridgehead atoms. The molecule has 0 atom stereocenters. The summed E-state index contributed by atoms with van der Waals surface area (Å²) in [5.41, 5.74) is 6.59. The van der Waals surface area contributed by atoms with Gasteiger partial charge in [0.05, 0.1) is 11.9 Å². The van der Waals surface area contributed by atoms with E-state index in [9.17, 15) is 13.5 Å². The van der Waals surface area contributed by atoms with Crippen LogP contribution >= 0.6 is 0 Å². The Kier molecular flexibility index (Phi) is 6.07. The monoisotopic (exact) mass is 444 g/mol. The number of aromatic nitrogens is 2. The van der Waals surface area contributed by atoms with Gasteiger partial charge in [-0.1, -0.05) is 6.07 Å². The molecule has 31 heavy (non-hydrogen) atoms. The number of likely N-dealkylation sites (N-methyl/N-ethyl adjacent to an activating group) is 1. The minimum absolute atomic E-state index is 0.0549. The molecule has 0 unspecified atom stereocenters. The maximum atomic E-state index is 13.1. The Morgan fingerprint density at radius 2 is 1.77 bits per heavy atom. The predicted molar refractivity (Wildman–Crippen MR) is 120 cm³/mol. The van der Waals surface area contributed by atoms with Gasteiger partial charge in [-0.15, -0.1) is 0 Å². The van der Waals surface area contributed by atoms with Crippen LogP contribution in [-0.4, -0.2) is 56.2 Å². The third kappa shape index (κ3) is 4.62. The van der Waals surface area contributed by atoms with Gasteiger partial charge in [0.1, 0.15) is 0 Å². The Hall–Kier alpha value is -2.39. The summed E-state index contributed by atoms with van der Waals surface area (Å²) in [5, 5.41) is 17.0. The molecule has 0 saturated heterocycles. The molecule has 4 rings (SSSR count). The van der Waals surface area contributed by atoms with Crippen molar-refractivity contribution < 1.29 is 13.5 Å². The number of fused-ring (bicyclic) bond motifs is 2. The Bertz CT molecular complexity index is 1070. The topological polar surface area (TPSA) is 93.9 Å². The SMILES string of the molecule is CN(C)CCN(c1cnn(C)c1)S(=O)(=O)/N=C(\[O-])Cc1c2c(cc3c1CCC3)CCC2. The van der Waals surface area contributed by atoms with Crippen LogP contribution < -0.4 is 9.41 Å². The highest BCUT2D eigenvalue weighted by Crippen LogP contribution is 2.35. The quantitative estimate of drug-likeness (QED) is 0.447. The van der Waals surface area contributed by atoms with Crippen molar-refractivity contribution in [3.63, 3.8) is 0 Å². The molecular formula is C22H30N5O3S-. The molecule has 0 N–H and O–H groups in total. The van der Waals surface area contributed by atoms with E-state index in [4.69, 9.17) is 0 Å². The summed E-state index contributed by atoms with van der Waals surface area (Å²) in [6.45, 7) is 0.686. The molecule has 0 saturated carbocycles. The molecule has 2 aliphatic rings. The van der Waals surface area contributed by atoms with Crippen molar-refractivity contribution >= 4 is 21.8 Å². The van der Waals surface area contributed by atoms with Crippen LogP contribution in [0.3, 0.4) is 0 Å². The standard InChI is InChI=1S/C22H31N5O3S/c1-25(2)10-11-27(18-14-23-26(3)15-18)31(29,30)24-22(28)13-21-19-8-4-6-16(19)12-17-7-5-9-20(17)21/h12,14-15H,4-11,13H2,1-3H3,(H,24,28)/p-1. The fourth-order valence-electron chi connectivity index (χ4n) is 4.71.